The van der Waals surface area contributed by atoms with Gasteiger partial charge < -0.3 is 48.5 Å². The summed E-state index contributed by atoms with van der Waals surface area (Å²) in [4.78, 5) is 36.7. The zero-order valence-electron chi connectivity index (χ0n) is 43.0. The third kappa shape index (κ3) is 14.6. The zero-order valence-corrected chi connectivity index (χ0v) is 44.5. The molecule has 0 saturated carbocycles. The van der Waals surface area contributed by atoms with Crippen molar-refractivity contribution in [3.8, 4) is 22.9 Å². The highest BCUT2D eigenvalue weighted by molar-refractivity contribution is 6.31. The fourth-order valence-corrected chi connectivity index (χ4v) is 8.83. The Balaban J connectivity index is 0.634. The Morgan fingerprint density at radius 1 is 0.487 bits per heavy atom. The molecule has 2 amide bonds. The maximum Gasteiger partial charge on any atom is 0.222 e. The van der Waals surface area contributed by atoms with Gasteiger partial charge in [-0.1, -0.05) is 47.5 Å². The van der Waals surface area contributed by atoms with Crippen LogP contribution in [0.15, 0.2) is 94.9 Å². The number of hydrogen-bond donors (Lipinski definition) is 2. The van der Waals surface area contributed by atoms with Crippen molar-refractivity contribution in [3.63, 3.8) is 0 Å². The molecule has 0 spiro atoms. The molecule has 0 bridgehead atoms. The summed E-state index contributed by atoms with van der Waals surface area (Å²) in [5, 5.41) is 24.7. The molecule has 0 fully saturated rings. The number of aryl methyl sites for hydroxylation is 2. The van der Waals surface area contributed by atoms with Crippen LogP contribution in [0.5, 0.6) is 11.5 Å². The monoisotopic (exact) mass is 1080 g/mol. The van der Waals surface area contributed by atoms with Gasteiger partial charge in [0, 0.05) is 45.4 Å². The van der Waals surface area contributed by atoms with Gasteiger partial charge in [0.1, 0.15) is 35.2 Å². The maximum absolute atomic E-state index is 13.2. The van der Waals surface area contributed by atoms with E-state index in [4.69, 9.17) is 71.1 Å². The molecule has 2 atom stereocenters. The standard InChI is InChI=1S/C54H62Cl2N10O10/c1-35-61-63-53-45(59-51(37-5-9-39(55)10-6-37)43-31-41(69-3)13-15-47(43)65(35)53)33-49(67)57-17-19-71-21-23-73-25-27-75-29-30-76-28-26-74-24-22-72-20-18-58-50(68)34-46-54-64-62-36(2)66(54)48-16-14-42(70-4)32-44(48)52(60-46)38-7-11-40(56)12-8-38/h5-16,31-32,45-46H,17-30,33-34H2,1-4H3,(H,57,67)(H,58,68)/t45-,46-/m0/s1. The number of carbonyl (C=O) groups is 2. The van der Waals surface area contributed by atoms with Crippen molar-refractivity contribution in [1.29, 1.82) is 0 Å². The summed E-state index contributed by atoms with van der Waals surface area (Å²) in [5.41, 5.74) is 6.40. The van der Waals surface area contributed by atoms with Crippen LogP contribution < -0.4 is 20.1 Å². The summed E-state index contributed by atoms with van der Waals surface area (Å²) in [6.45, 7) is 8.99. The minimum Gasteiger partial charge on any atom is -0.497 e. The molecule has 0 saturated heterocycles. The molecule has 6 aromatic rings. The van der Waals surface area contributed by atoms with E-state index in [2.05, 4.69) is 31.0 Å². The summed E-state index contributed by atoms with van der Waals surface area (Å²) in [6.07, 6.45) is 0.110. The molecule has 2 N–H and O–H groups in total. The molecule has 2 aliphatic heterocycles. The van der Waals surface area contributed by atoms with Gasteiger partial charge in [0.15, 0.2) is 11.6 Å². The number of benzene rings is 4. The second kappa shape index (κ2) is 28.0. The topological polar surface area (TPSA) is 218 Å². The van der Waals surface area contributed by atoms with Crippen molar-refractivity contribution < 1.29 is 47.5 Å². The molecule has 4 aromatic carbocycles. The summed E-state index contributed by atoms with van der Waals surface area (Å²) in [5.74, 6) is 3.44. The number of ether oxygens (including phenoxy) is 8. The van der Waals surface area contributed by atoms with Crippen LogP contribution in [-0.4, -0.2) is 159 Å². The summed E-state index contributed by atoms with van der Waals surface area (Å²) in [6, 6.07) is 25.2. The Morgan fingerprint density at radius 2 is 0.829 bits per heavy atom. The SMILES string of the molecule is COc1ccc2c(c1)C(c1ccc(Cl)cc1)=N[C@@H](CC(=O)NCCOCCOCCOCCOCCOCCOCCNC(=O)C[C@@H]1N=C(c3ccc(Cl)cc3)c3cc(OC)ccc3-n3c(C)nnc31)c1nnc(C)n1-2. The van der Waals surface area contributed by atoms with Gasteiger partial charge in [-0.2, -0.15) is 0 Å². The molecule has 2 aromatic heterocycles. The van der Waals surface area contributed by atoms with Crippen molar-refractivity contribution in [2.45, 2.75) is 38.8 Å². The van der Waals surface area contributed by atoms with E-state index >= 15 is 0 Å². The molecule has 0 radical (unpaired) electrons. The lowest BCUT2D eigenvalue weighted by molar-refractivity contribution is -0.122. The predicted molar refractivity (Wildman–Crippen MR) is 285 cm³/mol. The van der Waals surface area contributed by atoms with E-state index in [1.54, 1.807) is 14.2 Å². The normalized spacial score (nSPS) is 14.6. The number of rotatable bonds is 29. The largest absolute Gasteiger partial charge is 0.497 e. The third-order valence-electron chi connectivity index (χ3n) is 12.3. The number of methoxy groups -OCH3 is 2. The Kier molecular flexibility index (Phi) is 20.5. The zero-order chi connectivity index (χ0) is 53.2. The molecule has 22 heteroatoms. The van der Waals surface area contributed by atoms with Crippen LogP contribution in [0.2, 0.25) is 10.0 Å². The highest BCUT2D eigenvalue weighted by Crippen LogP contribution is 2.36. The second-order valence-corrected chi connectivity index (χ2v) is 18.3. The molecule has 8 rings (SSSR count). The Morgan fingerprint density at radius 3 is 1.17 bits per heavy atom. The van der Waals surface area contributed by atoms with Gasteiger partial charge in [-0.15, -0.1) is 20.4 Å². The van der Waals surface area contributed by atoms with Gasteiger partial charge in [-0.25, -0.2) is 0 Å². The molecule has 402 valence electrons. The maximum atomic E-state index is 13.2. The third-order valence-corrected chi connectivity index (χ3v) is 12.8. The van der Waals surface area contributed by atoms with E-state index in [-0.39, 0.29) is 24.7 Å². The van der Waals surface area contributed by atoms with Crippen LogP contribution in [0.4, 0.5) is 0 Å². The van der Waals surface area contributed by atoms with E-state index in [9.17, 15) is 9.59 Å². The average Bonchev–Trinajstić information content (AvgIpc) is 3.94. The van der Waals surface area contributed by atoms with Crippen LogP contribution in [0.3, 0.4) is 0 Å². The van der Waals surface area contributed by atoms with Crippen molar-refractivity contribution in [2.24, 2.45) is 9.98 Å². The van der Waals surface area contributed by atoms with Crippen molar-refractivity contribution >= 4 is 46.4 Å². The van der Waals surface area contributed by atoms with Crippen molar-refractivity contribution in [2.75, 3.05) is 107 Å². The summed E-state index contributed by atoms with van der Waals surface area (Å²) >= 11 is 12.4. The van der Waals surface area contributed by atoms with Gasteiger partial charge in [0.2, 0.25) is 11.8 Å². The lowest BCUT2D eigenvalue weighted by Gasteiger charge is -2.14. The number of nitrogens with one attached hydrogen (secondary N) is 2. The average molecular weight is 1080 g/mol. The quantitative estimate of drug-likeness (QED) is 0.0487. The Bertz CT molecular complexity index is 2750. The summed E-state index contributed by atoms with van der Waals surface area (Å²) < 4.78 is 48.8. The first-order chi connectivity index (χ1) is 37.1. The molecule has 20 nitrogen and oxygen atoms in total. The summed E-state index contributed by atoms with van der Waals surface area (Å²) in [7, 11) is 3.23. The molecule has 4 heterocycles. The number of nitrogens with zero attached hydrogens (tertiary/aromatic N) is 8. The van der Waals surface area contributed by atoms with Crippen molar-refractivity contribution in [1.82, 2.24) is 40.2 Å². The van der Waals surface area contributed by atoms with E-state index in [0.717, 1.165) is 33.6 Å². The van der Waals surface area contributed by atoms with Crippen LogP contribution in [-0.2, 0) is 38.0 Å². The van der Waals surface area contributed by atoms with Crippen LogP contribution in [0, 0.1) is 13.8 Å². The minimum atomic E-state index is -0.609. The minimum absolute atomic E-state index is 0.0551. The first-order valence-corrected chi connectivity index (χ1v) is 25.8. The van der Waals surface area contributed by atoms with Crippen molar-refractivity contribution in [3.05, 3.63) is 141 Å². The number of carbonyl (C=O) groups excluding carboxylic acids is 2. The molecule has 2 aliphatic rings. The Labute approximate surface area is 451 Å². The van der Waals surface area contributed by atoms with E-state index < -0.39 is 12.1 Å². The smallest absolute Gasteiger partial charge is 0.222 e. The molecule has 0 unspecified atom stereocenters. The van der Waals surface area contributed by atoms with Gasteiger partial charge in [0.25, 0.3) is 0 Å². The van der Waals surface area contributed by atoms with E-state index in [0.29, 0.717) is 149 Å². The highest BCUT2D eigenvalue weighted by Gasteiger charge is 2.32. The lowest BCUT2D eigenvalue weighted by Crippen LogP contribution is -2.29. The Hall–Kier alpha value is -6.62. The number of halogens is 2. The number of aliphatic imine (C=N–C) groups is 2. The number of hydrogen-bond acceptors (Lipinski definition) is 16. The fourth-order valence-electron chi connectivity index (χ4n) is 8.58. The van der Waals surface area contributed by atoms with Gasteiger partial charge in [-0.3, -0.25) is 28.7 Å². The lowest BCUT2D eigenvalue weighted by atomic mass is 10.00. The number of amides is 2. The second-order valence-electron chi connectivity index (χ2n) is 17.4. The number of aromatic nitrogens is 6. The van der Waals surface area contributed by atoms with E-state index in [1.165, 1.54) is 0 Å². The first kappa shape index (κ1) is 55.6. The van der Waals surface area contributed by atoms with Gasteiger partial charge in [0.05, 0.1) is 129 Å². The van der Waals surface area contributed by atoms with Crippen LogP contribution in [0.25, 0.3) is 11.4 Å². The molecule has 76 heavy (non-hydrogen) atoms. The predicted octanol–water partition coefficient (Wildman–Crippen LogP) is 6.39. The molecular formula is C54H62Cl2N10O10. The highest BCUT2D eigenvalue weighted by atomic mass is 35.5. The van der Waals surface area contributed by atoms with Crippen LogP contribution in [0.1, 0.15) is 70.5 Å². The molecule has 0 aliphatic carbocycles. The van der Waals surface area contributed by atoms with Gasteiger partial charge >= 0.3 is 0 Å². The van der Waals surface area contributed by atoms with E-state index in [1.807, 2.05) is 108 Å². The molecular weight excluding hydrogens is 1020 g/mol. The van der Waals surface area contributed by atoms with Gasteiger partial charge in [-0.05, 0) is 74.5 Å². The number of fused-ring (bicyclic) bond motifs is 6. The van der Waals surface area contributed by atoms with Crippen LogP contribution >= 0.6 is 23.2 Å². The first-order valence-electron chi connectivity index (χ1n) is 25.0. The fraction of sp³-hybridized carbons (Fsp3) is 0.407.